The molecule has 2 amide bonds. The number of hydrogen-bond acceptors (Lipinski definition) is 2. The summed E-state index contributed by atoms with van der Waals surface area (Å²) in [5.41, 5.74) is 0. The predicted molar refractivity (Wildman–Crippen MR) is 80.7 cm³/mol. The zero-order chi connectivity index (χ0) is 14.1. The van der Waals surface area contributed by atoms with Crippen LogP contribution in [0.15, 0.2) is 0 Å². The maximum Gasteiger partial charge on any atom is 0.315 e. The topological polar surface area (TPSA) is 44.4 Å². The van der Waals surface area contributed by atoms with Crippen LogP contribution in [0.5, 0.6) is 0 Å². The number of nitrogens with one attached hydrogen (secondary N) is 2. The van der Waals surface area contributed by atoms with E-state index in [9.17, 15) is 4.79 Å². The number of piperidine rings is 2. The molecule has 2 saturated heterocycles. The van der Waals surface area contributed by atoms with Crippen molar-refractivity contribution in [3.05, 3.63) is 0 Å². The Morgan fingerprint density at radius 3 is 2.50 bits per heavy atom. The number of nitrogens with zero attached hydrogens (tertiary/aromatic N) is 1. The van der Waals surface area contributed by atoms with E-state index < -0.39 is 0 Å². The van der Waals surface area contributed by atoms with Gasteiger partial charge in [-0.3, -0.25) is 0 Å². The SMILES string of the molecule is CCCC1CC1NC(=O)NC1CC2CCCC(C1)N2C. The zero-order valence-corrected chi connectivity index (χ0v) is 12.9. The average Bonchev–Trinajstić information content (AvgIpc) is 3.09. The Hall–Kier alpha value is -0.770. The van der Waals surface area contributed by atoms with Crippen molar-refractivity contribution in [2.45, 2.75) is 82.5 Å². The lowest BCUT2D eigenvalue weighted by atomic mass is 9.82. The Labute approximate surface area is 122 Å². The highest BCUT2D eigenvalue weighted by molar-refractivity contribution is 5.75. The van der Waals surface area contributed by atoms with E-state index in [1.54, 1.807) is 0 Å². The molecule has 2 bridgehead atoms. The molecule has 3 aliphatic rings. The molecule has 4 nitrogen and oxygen atoms in total. The van der Waals surface area contributed by atoms with Gasteiger partial charge in [0.15, 0.2) is 0 Å². The third-order valence-electron chi connectivity index (χ3n) is 5.57. The third-order valence-corrected chi connectivity index (χ3v) is 5.57. The first kappa shape index (κ1) is 14.2. The molecule has 0 aromatic carbocycles. The molecule has 20 heavy (non-hydrogen) atoms. The highest BCUT2D eigenvalue weighted by Crippen LogP contribution is 2.35. The van der Waals surface area contributed by atoms with E-state index in [1.807, 2.05) is 0 Å². The van der Waals surface area contributed by atoms with Crippen molar-refractivity contribution in [1.82, 2.24) is 15.5 Å². The molecule has 2 N–H and O–H groups in total. The summed E-state index contributed by atoms with van der Waals surface area (Å²) in [5, 5.41) is 6.37. The highest BCUT2D eigenvalue weighted by atomic mass is 16.2. The molecule has 0 aromatic rings. The molecule has 0 aromatic heterocycles. The molecule has 4 unspecified atom stereocenters. The van der Waals surface area contributed by atoms with Gasteiger partial charge in [0, 0.05) is 24.2 Å². The van der Waals surface area contributed by atoms with Crippen LogP contribution in [0.3, 0.4) is 0 Å². The van der Waals surface area contributed by atoms with Crippen LogP contribution in [-0.4, -0.2) is 42.1 Å². The Balaban J connectivity index is 1.43. The molecule has 0 radical (unpaired) electrons. The maximum absolute atomic E-state index is 12.1. The van der Waals surface area contributed by atoms with Crippen molar-refractivity contribution in [2.75, 3.05) is 7.05 Å². The number of rotatable bonds is 4. The standard InChI is InChI=1S/C16H29N3O/c1-3-5-11-8-15(11)18-16(20)17-12-9-13-6-4-7-14(10-12)19(13)2/h11-15H,3-10H2,1-2H3,(H2,17,18,20). The summed E-state index contributed by atoms with van der Waals surface area (Å²) in [5.74, 6) is 0.739. The molecule has 4 heteroatoms. The number of urea groups is 1. The second-order valence-corrected chi connectivity index (χ2v) is 7.08. The first-order valence-corrected chi connectivity index (χ1v) is 8.46. The minimum absolute atomic E-state index is 0.0706. The van der Waals surface area contributed by atoms with E-state index in [0.717, 1.165) is 18.8 Å². The Morgan fingerprint density at radius 2 is 1.85 bits per heavy atom. The van der Waals surface area contributed by atoms with Gasteiger partial charge in [0.1, 0.15) is 0 Å². The minimum atomic E-state index is 0.0706. The van der Waals surface area contributed by atoms with Crippen molar-refractivity contribution in [1.29, 1.82) is 0 Å². The van der Waals surface area contributed by atoms with E-state index in [-0.39, 0.29) is 6.03 Å². The number of carbonyl (C=O) groups excluding carboxylic acids is 1. The summed E-state index contributed by atoms with van der Waals surface area (Å²) in [7, 11) is 2.25. The largest absolute Gasteiger partial charge is 0.335 e. The molecule has 1 saturated carbocycles. The Kier molecular flexibility index (Phi) is 4.20. The van der Waals surface area contributed by atoms with Gasteiger partial charge in [0.25, 0.3) is 0 Å². The van der Waals surface area contributed by atoms with Gasteiger partial charge in [-0.25, -0.2) is 4.79 Å². The second-order valence-electron chi connectivity index (χ2n) is 7.08. The summed E-state index contributed by atoms with van der Waals surface area (Å²) < 4.78 is 0. The van der Waals surface area contributed by atoms with E-state index in [4.69, 9.17) is 0 Å². The van der Waals surface area contributed by atoms with Crippen molar-refractivity contribution < 1.29 is 4.79 Å². The fraction of sp³-hybridized carbons (Fsp3) is 0.938. The summed E-state index contributed by atoms with van der Waals surface area (Å²) in [4.78, 5) is 14.6. The van der Waals surface area contributed by atoms with E-state index in [2.05, 4.69) is 29.5 Å². The van der Waals surface area contributed by atoms with Crippen molar-refractivity contribution in [2.24, 2.45) is 5.92 Å². The summed E-state index contributed by atoms with van der Waals surface area (Å²) in [6, 6.07) is 2.26. The lowest BCUT2D eigenvalue weighted by Crippen LogP contribution is -2.56. The first-order valence-electron chi connectivity index (χ1n) is 8.46. The number of fused-ring (bicyclic) bond motifs is 2. The molecule has 2 heterocycles. The van der Waals surface area contributed by atoms with Crippen LogP contribution < -0.4 is 10.6 Å². The van der Waals surface area contributed by atoms with E-state index in [0.29, 0.717) is 24.2 Å². The lowest BCUT2D eigenvalue weighted by Gasteiger charge is -2.47. The van der Waals surface area contributed by atoms with Crippen LogP contribution in [0, 0.1) is 5.92 Å². The first-order chi connectivity index (χ1) is 9.67. The van der Waals surface area contributed by atoms with Gasteiger partial charge in [-0.05, 0) is 51.5 Å². The predicted octanol–water partition coefficient (Wildman–Crippen LogP) is 2.49. The summed E-state index contributed by atoms with van der Waals surface area (Å²) in [6.07, 6.45) is 9.88. The quantitative estimate of drug-likeness (QED) is 0.830. The normalized spacial score (nSPS) is 40.2. The van der Waals surface area contributed by atoms with Gasteiger partial charge >= 0.3 is 6.03 Å². The molecule has 4 atom stereocenters. The van der Waals surface area contributed by atoms with Crippen molar-refractivity contribution in [3.8, 4) is 0 Å². The highest BCUT2D eigenvalue weighted by Gasteiger charge is 2.39. The molecule has 1 aliphatic carbocycles. The summed E-state index contributed by atoms with van der Waals surface area (Å²) in [6.45, 7) is 2.22. The number of amides is 2. The Bertz CT molecular complexity index is 346. The smallest absolute Gasteiger partial charge is 0.315 e. The van der Waals surface area contributed by atoms with Crippen LogP contribution in [0.2, 0.25) is 0 Å². The molecule has 114 valence electrons. The third kappa shape index (κ3) is 3.11. The lowest BCUT2D eigenvalue weighted by molar-refractivity contribution is 0.0509. The average molecular weight is 279 g/mol. The molecular weight excluding hydrogens is 250 g/mol. The monoisotopic (exact) mass is 279 g/mol. The van der Waals surface area contributed by atoms with Crippen LogP contribution in [-0.2, 0) is 0 Å². The van der Waals surface area contributed by atoms with Crippen molar-refractivity contribution in [3.63, 3.8) is 0 Å². The zero-order valence-electron chi connectivity index (χ0n) is 12.9. The van der Waals surface area contributed by atoms with Crippen LogP contribution >= 0.6 is 0 Å². The van der Waals surface area contributed by atoms with Gasteiger partial charge in [0.2, 0.25) is 0 Å². The fourth-order valence-corrected chi connectivity index (χ4v) is 4.24. The molecule has 2 aliphatic heterocycles. The second kappa shape index (κ2) is 5.92. The van der Waals surface area contributed by atoms with E-state index in [1.165, 1.54) is 38.5 Å². The molecule has 3 fully saturated rings. The van der Waals surface area contributed by atoms with Gasteiger partial charge in [-0.1, -0.05) is 19.8 Å². The fourth-order valence-electron chi connectivity index (χ4n) is 4.24. The van der Waals surface area contributed by atoms with Gasteiger partial charge in [0.05, 0.1) is 0 Å². The molecular formula is C16H29N3O. The maximum atomic E-state index is 12.1. The number of carbonyl (C=O) groups is 1. The molecule has 3 rings (SSSR count). The minimum Gasteiger partial charge on any atom is -0.335 e. The number of hydrogen-bond donors (Lipinski definition) is 2. The van der Waals surface area contributed by atoms with E-state index >= 15 is 0 Å². The van der Waals surface area contributed by atoms with Gasteiger partial charge in [-0.15, -0.1) is 0 Å². The van der Waals surface area contributed by atoms with Crippen LogP contribution in [0.1, 0.15) is 58.3 Å². The Morgan fingerprint density at radius 1 is 1.15 bits per heavy atom. The summed E-state index contributed by atoms with van der Waals surface area (Å²) >= 11 is 0. The molecule has 0 spiro atoms. The van der Waals surface area contributed by atoms with Crippen LogP contribution in [0.25, 0.3) is 0 Å². The van der Waals surface area contributed by atoms with Crippen LogP contribution in [0.4, 0.5) is 4.79 Å². The van der Waals surface area contributed by atoms with Gasteiger partial charge < -0.3 is 15.5 Å². The van der Waals surface area contributed by atoms with Gasteiger partial charge in [-0.2, -0.15) is 0 Å². The van der Waals surface area contributed by atoms with Crippen molar-refractivity contribution >= 4 is 6.03 Å².